The molecule has 0 radical (unpaired) electrons. The predicted octanol–water partition coefficient (Wildman–Crippen LogP) is 4.29. The fourth-order valence-corrected chi connectivity index (χ4v) is 6.52. The molecule has 1 unspecified atom stereocenters. The van der Waals surface area contributed by atoms with Crippen LogP contribution < -0.4 is 26.0 Å². The van der Waals surface area contributed by atoms with Crippen LogP contribution in [0.2, 0.25) is 0 Å². The molecule has 4 heterocycles. The van der Waals surface area contributed by atoms with E-state index in [9.17, 15) is 4.57 Å². The monoisotopic (exact) mass is 643 g/mol. The zero-order valence-corrected chi connectivity index (χ0v) is 26.7. The first-order chi connectivity index (χ1) is 22.2. The van der Waals surface area contributed by atoms with Crippen molar-refractivity contribution in [2.75, 3.05) is 50.8 Å². The van der Waals surface area contributed by atoms with Crippen molar-refractivity contribution in [1.29, 1.82) is 0 Å². The summed E-state index contributed by atoms with van der Waals surface area (Å²) in [5.74, 6) is 1.52. The minimum absolute atomic E-state index is 0.160. The standard InChI is InChI=1S/C30H32N9O3P.CH2O2/c1-18-13-36-30(39-29(18)37-23-6-5-22-27(35-8-7-34-22)28(23)43(3,4)40)38-24-11-20(19-14-32-17-33-15-19)21(12-25(24)41-2)26-16-31-9-10-42-26;2-1-3/h5-8,11-15,17,26,31H,9-10,16H2,1-4H3,(H2,36,37,38,39);1H,(H,2,3). The van der Waals surface area contributed by atoms with Gasteiger partial charge in [0.2, 0.25) is 5.95 Å². The number of anilines is 4. The van der Waals surface area contributed by atoms with Crippen LogP contribution in [0.4, 0.5) is 23.1 Å². The van der Waals surface area contributed by atoms with Crippen LogP contribution in [0.5, 0.6) is 5.75 Å². The molecule has 0 aliphatic carbocycles. The lowest BCUT2D eigenvalue weighted by Crippen LogP contribution is -2.33. The van der Waals surface area contributed by atoms with E-state index in [2.05, 4.69) is 40.9 Å². The Bertz CT molecular complexity index is 1880. The van der Waals surface area contributed by atoms with Crippen molar-refractivity contribution in [1.82, 2.24) is 35.2 Å². The first-order valence-electron chi connectivity index (χ1n) is 14.3. The smallest absolute Gasteiger partial charge is 0.290 e. The van der Waals surface area contributed by atoms with Crippen LogP contribution in [0.3, 0.4) is 0 Å². The van der Waals surface area contributed by atoms with Crippen LogP contribution in [0, 0.1) is 6.92 Å². The molecule has 1 saturated heterocycles. The molecule has 4 N–H and O–H groups in total. The Morgan fingerprint density at radius 3 is 2.52 bits per heavy atom. The first-order valence-corrected chi connectivity index (χ1v) is 16.9. The van der Waals surface area contributed by atoms with Gasteiger partial charge in [-0.05, 0) is 55.6 Å². The van der Waals surface area contributed by atoms with Gasteiger partial charge in [-0.1, -0.05) is 0 Å². The third-order valence-corrected chi connectivity index (χ3v) is 8.67. The number of morpholine rings is 1. The van der Waals surface area contributed by atoms with Crippen LogP contribution in [0.25, 0.3) is 22.2 Å². The van der Waals surface area contributed by atoms with E-state index in [4.69, 9.17) is 24.4 Å². The third kappa shape index (κ3) is 7.26. The lowest BCUT2D eigenvalue weighted by atomic mass is 9.96. The van der Waals surface area contributed by atoms with Crippen molar-refractivity contribution in [3.8, 4) is 16.9 Å². The number of methoxy groups -OCH3 is 1. The average molecular weight is 644 g/mol. The van der Waals surface area contributed by atoms with Gasteiger partial charge in [0.25, 0.3) is 6.47 Å². The summed E-state index contributed by atoms with van der Waals surface area (Å²) in [5.41, 5.74) is 6.13. The second-order valence-corrected chi connectivity index (χ2v) is 13.8. The van der Waals surface area contributed by atoms with Gasteiger partial charge in [-0.3, -0.25) is 14.8 Å². The molecule has 6 rings (SSSR count). The van der Waals surface area contributed by atoms with E-state index >= 15 is 0 Å². The molecular formula is C31H34N9O5P. The second-order valence-electron chi connectivity index (χ2n) is 10.6. The van der Waals surface area contributed by atoms with Crippen molar-refractivity contribution in [2.24, 2.45) is 0 Å². The number of rotatable bonds is 8. The minimum Gasteiger partial charge on any atom is -0.495 e. The van der Waals surface area contributed by atoms with Crippen LogP contribution in [-0.2, 0) is 14.1 Å². The summed E-state index contributed by atoms with van der Waals surface area (Å²) in [7, 11) is -1.13. The SMILES string of the molecule is COc1cc(C2CNCCO2)c(-c2cncnc2)cc1Nc1ncc(C)c(Nc2ccc3nccnc3c2P(C)(C)=O)n1.O=CO. The van der Waals surface area contributed by atoms with Gasteiger partial charge in [-0.25, -0.2) is 15.0 Å². The Morgan fingerprint density at radius 1 is 1.07 bits per heavy atom. The molecule has 14 nitrogen and oxygen atoms in total. The van der Waals surface area contributed by atoms with E-state index in [1.165, 1.54) is 6.33 Å². The van der Waals surface area contributed by atoms with Crippen LogP contribution in [-0.4, -0.2) is 81.6 Å². The first kappa shape index (κ1) is 32.4. The van der Waals surface area contributed by atoms with Crippen molar-refractivity contribution < 1.29 is 23.9 Å². The number of nitrogens with zero attached hydrogens (tertiary/aromatic N) is 6. The second kappa shape index (κ2) is 14.4. The van der Waals surface area contributed by atoms with Crippen molar-refractivity contribution in [3.05, 3.63) is 72.7 Å². The molecular weight excluding hydrogens is 609 g/mol. The van der Waals surface area contributed by atoms with E-state index in [-0.39, 0.29) is 12.6 Å². The number of aromatic nitrogens is 6. The number of ether oxygens (including phenoxy) is 2. The highest BCUT2D eigenvalue weighted by Crippen LogP contribution is 2.42. The Balaban J connectivity index is 0.00000134. The van der Waals surface area contributed by atoms with Gasteiger partial charge in [0, 0.05) is 55.2 Å². The largest absolute Gasteiger partial charge is 0.495 e. The molecule has 1 fully saturated rings. The lowest BCUT2D eigenvalue weighted by molar-refractivity contribution is -0.122. The van der Waals surface area contributed by atoms with Gasteiger partial charge in [-0.15, -0.1) is 0 Å². The van der Waals surface area contributed by atoms with Gasteiger partial charge >= 0.3 is 0 Å². The van der Waals surface area contributed by atoms with E-state index < -0.39 is 7.14 Å². The number of carboxylic acid groups (broad SMARTS) is 1. The summed E-state index contributed by atoms with van der Waals surface area (Å²) in [6.07, 6.45) is 9.84. The molecule has 46 heavy (non-hydrogen) atoms. The van der Waals surface area contributed by atoms with Crippen LogP contribution in [0.1, 0.15) is 17.2 Å². The average Bonchev–Trinajstić information content (AvgIpc) is 3.06. The molecule has 1 aliphatic heterocycles. The number of nitrogens with one attached hydrogen (secondary N) is 3. The van der Waals surface area contributed by atoms with Gasteiger partial charge in [0.05, 0.1) is 42.0 Å². The van der Waals surface area contributed by atoms with Gasteiger partial charge < -0.3 is 35.1 Å². The summed E-state index contributed by atoms with van der Waals surface area (Å²) in [6, 6.07) is 7.66. The molecule has 0 spiro atoms. The maximum Gasteiger partial charge on any atom is 0.290 e. The van der Waals surface area contributed by atoms with Gasteiger partial charge in [-0.2, -0.15) is 4.98 Å². The van der Waals surface area contributed by atoms with Crippen molar-refractivity contribution in [2.45, 2.75) is 13.0 Å². The molecule has 0 amide bonds. The number of hydrogen-bond acceptors (Lipinski definition) is 13. The summed E-state index contributed by atoms with van der Waals surface area (Å²) in [4.78, 5) is 35.0. The van der Waals surface area contributed by atoms with Crippen molar-refractivity contribution in [3.63, 3.8) is 0 Å². The van der Waals surface area contributed by atoms with E-state index in [1.54, 1.807) is 51.4 Å². The van der Waals surface area contributed by atoms with E-state index in [1.807, 2.05) is 31.2 Å². The van der Waals surface area contributed by atoms with E-state index in [0.29, 0.717) is 58.4 Å². The quantitative estimate of drug-likeness (QED) is 0.139. The fraction of sp³-hybridized carbons (Fsp3) is 0.258. The normalized spacial score (nSPS) is 14.6. The third-order valence-electron chi connectivity index (χ3n) is 7.14. The van der Waals surface area contributed by atoms with Crippen LogP contribution in [0.15, 0.2) is 61.6 Å². The number of aryl methyl sites for hydroxylation is 1. The van der Waals surface area contributed by atoms with E-state index in [0.717, 1.165) is 28.8 Å². The fourth-order valence-electron chi connectivity index (χ4n) is 5.13. The topological polar surface area (TPSA) is 186 Å². The molecule has 15 heteroatoms. The summed E-state index contributed by atoms with van der Waals surface area (Å²) in [5, 5.41) is 17.6. The Hall–Kier alpha value is -5.04. The summed E-state index contributed by atoms with van der Waals surface area (Å²) < 4.78 is 25.3. The summed E-state index contributed by atoms with van der Waals surface area (Å²) >= 11 is 0. The lowest BCUT2D eigenvalue weighted by Gasteiger charge is -2.27. The van der Waals surface area contributed by atoms with Gasteiger partial charge in [0.1, 0.15) is 30.6 Å². The molecule has 1 aliphatic rings. The zero-order chi connectivity index (χ0) is 32.7. The Morgan fingerprint density at radius 2 is 1.83 bits per heavy atom. The molecule has 2 aromatic carbocycles. The Labute approximate surface area is 265 Å². The number of fused-ring (bicyclic) bond motifs is 1. The highest BCUT2D eigenvalue weighted by Gasteiger charge is 2.24. The maximum absolute atomic E-state index is 13.4. The number of carbonyl (C=O) groups is 1. The van der Waals surface area contributed by atoms with Crippen LogP contribution >= 0.6 is 7.14 Å². The molecule has 1 atom stereocenters. The molecule has 0 bridgehead atoms. The van der Waals surface area contributed by atoms with Gasteiger partial charge in [0.15, 0.2) is 0 Å². The Kier molecular flexibility index (Phi) is 10.1. The maximum atomic E-state index is 13.4. The molecule has 5 aromatic rings. The molecule has 3 aromatic heterocycles. The number of hydrogen-bond donors (Lipinski definition) is 4. The number of benzene rings is 2. The highest BCUT2D eigenvalue weighted by molar-refractivity contribution is 7.71. The minimum atomic E-state index is -2.75. The molecule has 238 valence electrons. The predicted molar refractivity (Wildman–Crippen MR) is 176 cm³/mol. The highest BCUT2D eigenvalue weighted by atomic mass is 31.2. The zero-order valence-electron chi connectivity index (χ0n) is 25.8. The molecule has 0 saturated carbocycles. The summed E-state index contributed by atoms with van der Waals surface area (Å²) in [6.45, 7) is 7.20. The van der Waals surface area contributed by atoms with Crippen molar-refractivity contribution >= 4 is 53.1 Å².